The van der Waals surface area contributed by atoms with E-state index in [1.807, 2.05) is 19.1 Å². The van der Waals surface area contributed by atoms with Gasteiger partial charge in [0.05, 0.1) is 6.61 Å². The minimum Gasteiger partial charge on any atom is -0.494 e. The Morgan fingerprint density at radius 3 is 2.63 bits per heavy atom. The SMILES string of the molecule is CCOc1ccc(CN2CCN(c3cc(N)nc(N)n3)CC2CCO)cc1. The third-order valence-electron chi connectivity index (χ3n) is 4.76. The van der Waals surface area contributed by atoms with Gasteiger partial charge in [0.1, 0.15) is 17.4 Å². The summed E-state index contributed by atoms with van der Waals surface area (Å²) in [5.74, 6) is 2.18. The topological polar surface area (TPSA) is 114 Å². The standard InChI is InChI=1S/C19H28N6O2/c1-2-27-16-5-3-14(4-6-16)12-24-8-9-25(13-15(24)7-10-26)18-11-17(20)22-19(21)23-18/h3-6,11,15,26H,2,7-10,12-13H2,1H3,(H4,20,21,22,23). The number of hydrogen-bond acceptors (Lipinski definition) is 8. The Morgan fingerprint density at radius 1 is 1.19 bits per heavy atom. The lowest BCUT2D eigenvalue weighted by atomic mass is 10.1. The number of anilines is 3. The lowest BCUT2D eigenvalue weighted by molar-refractivity contribution is 0.135. The van der Waals surface area contributed by atoms with Crippen LogP contribution in [0, 0.1) is 0 Å². The maximum absolute atomic E-state index is 9.52. The van der Waals surface area contributed by atoms with Crippen molar-refractivity contribution >= 4 is 17.6 Å². The molecule has 1 aliphatic rings. The minimum atomic E-state index is 0.145. The molecular formula is C19H28N6O2. The molecule has 2 heterocycles. The smallest absolute Gasteiger partial charge is 0.223 e. The molecule has 1 atom stereocenters. The van der Waals surface area contributed by atoms with Gasteiger partial charge in [0.15, 0.2) is 0 Å². The highest BCUT2D eigenvalue weighted by molar-refractivity contribution is 5.50. The van der Waals surface area contributed by atoms with Crippen molar-refractivity contribution < 1.29 is 9.84 Å². The Kier molecular flexibility index (Phi) is 6.31. The first-order chi connectivity index (χ1) is 13.1. The van der Waals surface area contributed by atoms with Crippen molar-refractivity contribution in [3.63, 3.8) is 0 Å². The lowest BCUT2D eigenvalue weighted by Crippen LogP contribution is -2.53. The molecule has 146 valence electrons. The molecule has 8 heteroatoms. The molecule has 27 heavy (non-hydrogen) atoms. The summed E-state index contributed by atoms with van der Waals surface area (Å²) in [6.07, 6.45) is 0.698. The van der Waals surface area contributed by atoms with Gasteiger partial charge < -0.3 is 26.2 Å². The lowest BCUT2D eigenvalue weighted by Gasteiger charge is -2.42. The summed E-state index contributed by atoms with van der Waals surface area (Å²) in [6.45, 7) is 6.05. The molecule has 0 spiro atoms. The van der Waals surface area contributed by atoms with E-state index in [9.17, 15) is 5.11 Å². The fraction of sp³-hybridized carbons (Fsp3) is 0.474. The normalized spacial score (nSPS) is 17.9. The van der Waals surface area contributed by atoms with Crippen LogP contribution in [0.25, 0.3) is 0 Å². The number of benzene rings is 1. The van der Waals surface area contributed by atoms with E-state index in [0.717, 1.165) is 37.7 Å². The van der Waals surface area contributed by atoms with Crippen molar-refractivity contribution in [3.05, 3.63) is 35.9 Å². The van der Waals surface area contributed by atoms with E-state index in [1.165, 1.54) is 5.56 Å². The van der Waals surface area contributed by atoms with E-state index in [4.69, 9.17) is 16.2 Å². The maximum Gasteiger partial charge on any atom is 0.223 e. The van der Waals surface area contributed by atoms with Crippen LogP contribution in [0.4, 0.5) is 17.6 Å². The van der Waals surface area contributed by atoms with Gasteiger partial charge in [-0.05, 0) is 31.0 Å². The van der Waals surface area contributed by atoms with Crippen LogP contribution in [-0.2, 0) is 6.54 Å². The van der Waals surface area contributed by atoms with Crippen LogP contribution in [0.5, 0.6) is 5.75 Å². The number of rotatable bonds is 7. The van der Waals surface area contributed by atoms with Crippen molar-refractivity contribution in [1.29, 1.82) is 0 Å². The second-order valence-electron chi connectivity index (χ2n) is 6.67. The van der Waals surface area contributed by atoms with Gasteiger partial charge in [-0.15, -0.1) is 0 Å². The molecule has 1 saturated heterocycles. The first-order valence-electron chi connectivity index (χ1n) is 9.30. The van der Waals surface area contributed by atoms with Crippen LogP contribution in [0.1, 0.15) is 18.9 Å². The zero-order valence-electron chi connectivity index (χ0n) is 15.7. The van der Waals surface area contributed by atoms with E-state index < -0.39 is 0 Å². The molecule has 0 radical (unpaired) electrons. The summed E-state index contributed by atoms with van der Waals surface area (Å²) in [6, 6.07) is 10.2. The molecule has 0 bridgehead atoms. The molecule has 1 aromatic carbocycles. The molecule has 3 rings (SSSR count). The Hall–Kier alpha value is -2.58. The number of ether oxygens (including phenoxy) is 1. The van der Waals surface area contributed by atoms with Crippen LogP contribution in [0.2, 0.25) is 0 Å². The summed E-state index contributed by atoms with van der Waals surface area (Å²) < 4.78 is 5.51. The summed E-state index contributed by atoms with van der Waals surface area (Å²) in [7, 11) is 0. The number of hydrogen-bond donors (Lipinski definition) is 3. The quantitative estimate of drug-likeness (QED) is 0.662. The average molecular weight is 372 g/mol. The predicted octanol–water partition coefficient (Wildman–Crippen LogP) is 1.11. The van der Waals surface area contributed by atoms with Gasteiger partial charge in [0, 0.05) is 44.9 Å². The molecule has 8 nitrogen and oxygen atoms in total. The molecule has 5 N–H and O–H groups in total. The molecule has 1 aliphatic heterocycles. The Balaban J connectivity index is 1.68. The molecule has 2 aromatic rings. The molecule has 0 amide bonds. The van der Waals surface area contributed by atoms with Crippen molar-refractivity contribution in [2.45, 2.75) is 25.9 Å². The van der Waals surface area contributed by atoms with Gasteiger partial charge in [-0.1, -0.05) is 12.1 Å². The maximum atomic E-state index is 9.52. The van der Waals surface area contributed by atoms with Gasteiger partial charge in [-0.2, -0.15) is 9.97 Å². The first kappa shape index (κ1) is 19.2. The Bertz CT molecular complexity index is 719. The zero-order valence-corrected chi connectivity index (χ0v) is 15.7. The third kappa shape index (κ3) is 4.99. The van der Waals surface area contributed by atoms with Crippen LogP contribution in [0.3, 0.4) is 0 Å². The number of nitrogens with two attached hydrogens (primary N) is 2. The highest BCUT2D eigenvalue weighted by atomic mass is 16.5. The number of aliphatic hydroxyl groups is 1. The van der Waals surface area contributed by atoms with Crippen molar-refractivity contribution in [1.82, 2.24) is 14.9 Å². The van der Waals surface area contributed by atoms with Gasteiger partial charge in [0.25, 0.3) is 0 Å². The van der Waals surface area contributed by atoms with Gasteiger partial charge in [0.2, 0.25) is 5.95 Å². The number of nitrogen functional groups attached to an aromatic ring is 2. The molecule has 1 aromatic heterocycles. The zero-order chi connectivity index (χ0) is 19.2. The van der Waals surface area contributed by atoms with Crippen LogP contribution in [-0.4, -0.2) is 58.9 Å². The van der Waals surface area contributed by atoms with Crippen molar-refractivity contribution in [2.24, 2.45) is 0 Å². The molecular weight excluding hydrogens is 344 g/mol. The first-order valence-corrected chi connectivity index (χ1v) is 9.30. The van der Waals surface area contributed by atoms with E-state index in [1.54, 1.807) is 6.07 Å². The van der Waals surface area contributed by atoms with Gasteiger partial charge in [-0.3, -0.25) is 4.90 Å². The molecule has 0 saturated carbocycles. The van der Waals surface area contributed by atoms with Crippen molar-refractivity contribution in [2.75, 3.05) is 49.2 Å². The van der Waals surface area contributed by atoms with Crippen LogP contribution >= 0.6 is 0 Å². The van der Waals surface area contributed by atoms with Crippen LogP contribution in [0.15, 0.2) is 30.3 Å². The summed E-state index contributed by atoms with van der Waals surface area (Å²) >= 11 is 0. The predicted molar refractivity (Wildman–Crippen MR) is 107 cm³/mol. The van der Waals surface area contributed by atoms with Gasteiger partial charge in [-0.25, -0.2) is 0 Å². The largest absolute Gasteiger partial charge is 0.494 e. The van der Waals surface area contributed by atoms with E-state index in [2.05, 4.69) is 31.9 Å². The number of nitrogens with zero attached hydrogens (tertiary/aromatic N) is 4. The third-order valence-corrected chi connectivity index (χ3v) is 4.76. The fourth-order valence-corrected chi connectivity index (χ4v) is 3.46. The highest BCUT2D eigenvalue weighted by Crippen LogP contribution is 2.23. The number of piperazine rings is 1. The molecule has 1 fully saturated rings. The monoisotopic (exact) mass is 372 g/mol. The van der Waals surface area contributed by atoms with E-state index in [-0.39, 0.29) is 18.6 Å². The van der Waals surface area contributed by atoms with Crippen LogP contribution < -0.4 is 21.1 Å². The minimum absolute atomic E-state index is 0.145. The molecule has 1 unspecified atom stereocenters. The van der Waals surface area contributed by atoms with Crippen molar-refractivity contribution in [3.8, 4) is 5.75 Å². The number of aliphatic hydroxyl groups excluding tert-OH is 1. The average Bonchev–Trinajstić information content (AvgIpc) is 2.64. The fourth-order valence-electron chi connectivity index (χ4n) is 3.46. The van der Waals surface area contributed by atoms with E-state index >= 15 is 0 Å². The molecule has 0 aliphatic carbocycles. The Morgan fingerprint density at radius 2 is 1.96 bits per heavy atom. The number of aromatic nitrogens is 2. The summed E-state index contributed by atoms with van der Waals surface area (Å²) in [4.78, 5) is 12.8. The summed E-state index contributed by atoms with van der Waals surface area (Å²) in [5, 5.41) is 9.52. The second kappa shape index (κ2) is 8.88. The highest BCUT2D eigenvalue weighted by Gasteiger charge is 2.27. The van der Waals surface area contributed by atoms with E-state index in [0.29, 0.717) is 18.8 Å². The summed E-state index contributed by atoms with van der Waals surface area (Å²) in [5.41, 5.74) is 12.8. The Labute approximate surface area is 159 Å². The van der Waals surface area contributed by atoms with Gasteiger partial charge >= 0.3 is 0 Å². The second-order valence-corrected chi connectivity index (χ2v) is 6.67.